The van der Waals surface area contributed by atoms with Crippen LogP contribution in [-0.4, -0.2) is 83.3 Å². The number of rotatable bonds is 3. The molecule has 4 amide bonds. The Morgan fingerprint density at radius 1 is 0.895 bits per heavy atom. The lowest BCUT2D eigenvalue weighted by atomic mass is 9.79. The van der Waals surface area contributed by atoms with E-state index in [1.165, 1.54) is 0 Å². The van der Waals surface area contributed by atoms with E-state index in [1.807, 2.05) is 81.4 Å². The molecule has 0 aliphatic carbocycles. The van der Waals surface area contributed by atoms with Gasteiger partial charge in [0.05, 0.1) is 0 Å². The third kappa shape index (κ3) is 5.01. The van der Waals surface area contributed by atoms with Crippen LogP contribution in [0.5, 0.6) is 0 Å². The maximum Gasteiger partial charge on any atom is 0.411 e. The van der Waals surface area contributed by atoms with Gasteiger partial charge in [0.15, 0.2) is 5.60 Å². The number of piperidine rings is 1. The van der Waals surface area contributed by atoms with Crippen molar-refractivity contribution in [2.75, 3.05) is 32.7 Å². The summed E-state index contributed by atoms with van der Waals surface area (Å²) in [5.41, 5.74) is 0.203. The highest BCUT2D eigenvalue weighted by Gasteiger charge is 2.58. The SMILES string of the molecule is CC(C)(C)OC(=O)N1CCC(NC(=O)N2CCN3C(=O)OC(c4ccccc4)(c4ccccc4)C3C2)CC1. The van der Waals surface area contributed by atoms with E-state index in [4.69, 9.17) is 9.47 Å². The van der Waals surface area contributed by atoms with Crippen molar-refractivity contribution in [1.82, 2.24) is 20.0 Å². The van der Waals surface area contributed by atoms with Crippen molar-refractivity contribution in [2.24, 2.45) is 0 Å². The summed E-state index contributed by atoms with van der Waals surface area (Å²) < 4.78 is 11.7. The van der Waals surface area contributed by atoms with Crippen LogP contribution >= 0.6 is 0 Å². The van der Waals surface area contributed by atoms with Gasteiger partial charge in [0.25, 0.3) is 0 Å². The fourth-order valence-electron chi connectivity index (χ4n) is 5.64. The van der Waals surface area contributed by atoms with Crippen molar-refractivity contribution in [3.63, 3.8) is 0 Å². The zero-order valence-electron chi connectivity index (χ0n) is 22.3. The predicted octanol–water partition coefficient (Wildman–Crippen LogP) is 4.18. The topological polar surface area (TPSA) is 91.4 Å². The number of urea groups is 1. The van der Waals surface area contributed by atoms with E-state index in [9.17, 15) is 14.4 Å². The molecule has 0 saturated carbocycles. The van der Waals surface area contributed by atoms with Crippen molar-refractivity contribution in [2.45, 2.75) is 56.9 Å². The van der Waals surface area contributed by atoms with Gasteiger partial charge in [-0.25, -0.2) is 14.4 Å². The highest BCUT2D eigenvalue weighted by molar-refractivity contribution is 5.77. The van der Waals surface area contributed by atoms with E-state index >= 15 is 0 Å². The summed E-state index contributed by atoms with van der Waals surface area (Å²) in [4.78, 5) is 44.1. The number of nitrogens with one attached hydrogen (secondary N) is 1. The van der Waals surface area contributed by atoms with Crippen molar-refractivity contribution >= 4 is 18.2 Å². The van der Waals surface area contributed by atoms with E-state index in [0.29, 0.717) is 45.6 Å². The lowest BCUT2D eigenvalue weighted by Crippen LogP contribution is -2.61. The molecule has 3 saturated heterocycles. The van der Waals surface area contributed by atoms with Gasteiger partial charge in [-0.2, -0.15) is 0 Å². The number of benzene rings is 2. The van der Waals surface area contributed by atoms with Crippen molar-refractivity contribution in [3.8, 4) is 0 Å². The summed E-state index contributed by atoms with van der Waals surface area (Å²) >= 11 is 0. The monoisotopic (exact) mass is 520 g/mol. The summed E-state index contributed by atoms with van der Waals surface area (Å²) in [5, 5.41) is 3.16. The van der Waals surface area contributed by atoms with Gasteiger partial charge < -0.3 is 24.6 Å². The van der Waals surface area contributed by atoms with Crippen molar-refractivity contribution in [1.29, 1.82) is 0 Å². The van der Waals surface area contributed by atoms with Crippen molar-refractivity contribution in [3.05, 3.63) is 71.8 Å². The molecule has 0 spiro atoms. The largest absolute Gasteiger partial charge is 0.444 e. The van der Waals surface area contributed by atoms with Gasteiger partial charge in [-0.15, -0.1) is 0 Å². The Kier molecular flexibility index (Phi) is 6.94. The molecule has 0 radical (unpaired) electrons. The second kappa shape index (κ2) is 10.2. The number of likely N-dealkylation sites (tertiary alicyclic amines) is 1. The molecule has 3 heterocycles. The molecule has 3 fully saturated rings. The van der Waals surface area contributed by atoms with Gasteiger partial charge in [0.2, 0.25) is 0 Å². The number of piperazine rings is 1. The fraction of sp³-hybridized carbons (Fsp3) is 0.483. The number of cyclic esters (lactones) is 1. The molecule has 5 rings (SSSR count). The number of ether oxygens (including phenoxy) is 2. The summed E-state index contributed by atoms with van der Waals surface area (Å²) in [6.45, 7) is 7.79. The van der Waals surface area contributed by atoms with E-state index in [1.54, 1.807) is 14.7 Å². The zero-order chi connectivity index (χ0) is 26.9. The van der Waals surface area contributed by atoms with Crippen LogP contribution in [0.3, 0.4) is 0 Å². The van der Waals surface area contributed by atoms with Crippen LogP contribution in [0.15, 0.2) is 60.7 Å². The molecule has 202 valence electrons. The maximum absolute atomic E-state index is 13.4. The molecular formula is C29H36N4O5. The average Bonchev–Trinajstić information content (AvgIpc) is 3.21. The fourth-order valence-corrected chi connectivity index (χ4v) is 5.64. The highest BCUT2D eigenvalue weighted by Crippen LogP contribution is 2.45. The van der Waals surface area contributed by atoms with Crippen LogP contribution in [-0.2, 0) is 15.1 Å². The smallest absolute Gasteiger partial charge is 0.411 e. The maximum atomic E-state index is 13.4. The number of fused-ring (bicyclic) bond motifs is 1. The number of hydrogen-bond acceptors (Lipinski definition) is 5. The first-order chi connectivity index (χ1) is 18.2. The van der Waals surface area contributed by atoms with Gasteiger partial charge in [-0.3, -0.25) is 4.90 Å². The Hall–Kier alpha value is -3.75. The first-order valence-corrected chi connectivity index (χ1v) is 13.3. The molecule has 1 unspecified atom stereocenters. The number of nitrogens with zero attached hydrogens (tertiary/aromatic N) is 3. The molecule has 2 aromatic carbocycles. The highest BCUT2D eigenvalue weighted by atomic mass is 16.6. The Labute approximate surface area is 223 Å². The van der Waals surface area contributed by atoms with Crippen LogP contribution in [0.1, 0.15) is 44.7 Å². The standard InChI is InChI=1S/C29H36N4O5/c1-28(2,3)37-26(35)31-16-14-23(15-17-31)30-25(34)32-18-19-33-24(20-32)29(38-27(33)36,21-10-6-4-7-11-21)22-12-8-5-9-13-22/h4-13,23-24H,14-20H2,1-3H3,(H,30,34). The Balaban J connectivity index is 1.29. The Bertz CT molecular complexity index is 1120. The quantitative estimate of drug-likeness (QED) is 0.656. The molecule has 0 bridgehead atoms. The van der Waals surface area contributed by atoms with Crippen LogP contribution in [0.2, 0.25) is 0 Å². The molecule has 0 aromatic heterocycles. The molecule has 3 aliphatic rings. The van der Waals surface area contributed by atoms with E-state index in [-0.39, 0.29) is 30.3 Å². The Morgan fingerprint density at radius 2 is 1.47 bits per heavy atom. The number of carbonyl (C=O) groups is 3. The second-order valence-electron chi connectivity index (χ2n) is 11.2. The molecule has 9 heteroatoms. The second-order valence-corrected chi connectivity index (χ2v) is 11.2. The minimum atomic E-state index is -1.02. The van der Waals surface area contributed by atoms with E-state index in [0.717, 1.165) is 11.1 Å². The van der Waals surface area contributed by atoms with Gasteiger partial charge in [-0.05, 0) is 33.6 Å². The third-order valence-corrected chi connectivity index (χ3v) is 7.50. The normalized spacial score (nSPS) is 21.5. The van der Waals surface area contributed by atoms with Crippen LogP contribution in [0.25, 0.3) is 0 Å². The van der Waals surface area contributed by atoms with Crippen molar-refractivity contribution < 1.29 is 23.9 Å². The summed E-state index contributed by atoms with van der Waals surface area (Å²) in [6, 6.07) is 19.0. The van der Waals surface area contributed by atoms with E-state index < -0.39 is 11.2 Å². The molecule has 38 heavy (non-hydrogen) atoms. The Morgan fingerprint density at radius 3 is 2.03 bits per heavy atom. The minimum absolute atomic E-state index is 0.0336. The average molecular weight is 521 g/mol. The van der Waals surface area contributed by atoms with Crippen LogP contribution in [0.4, 0.5) is 14.4 Å². The van der Waals surface area contributed by atoms with Gasteiger partial charge in [-0.1, -0.05) is 60.7 Å². The summed E-state index contributed by atoms with van der Waals surface area (Å²) in [6.07, 6.45) is 0.641. The van der Waals surface area contributed by atoms with Crippen LogP contribution < -0.4 is 5.32 Å². The lowest BCUT2D eigenvalue weighted by Gasteiger charge is -2.42. The molecule has 2 aromatic rings. The molecule has 3 aliphatic heterocycles. The molecule has 1 N–H and O–H groups in total. The number of carbonyl (C=O) groups excluding carboxylic acids is 3. The van der Waals surface area contributed by atoms with E-state index in [2.05, 4.69) is 5.32 Å². The van der Waals surface area contributed by atoms with Gasteiger partial charge in [0.1, 0.15) is 11.6 Å². The van der Waals surface area contributed by atoms with Crippen LogP contribution in [0, 0.1) is 0 Å². The first-order valence-electron chi connectivity index (χ1n) is 13.3. The number of amides is 4. The predicted molar refractivity (Wildman–Crippen MR) is 142 cm³/mol. The lowest BCUT2D eigenvalue weighted by molar-refractivity contribution is 0.0199. The number of hydrogen-bond donors (Lipinski definition) is 1. The molecule has 9 nitrogen and oxygen atoms in total. The summed E-state index contributed by atoms with van der Waals surface area (Å²) in [7, 11) is 0. The molecular weight excluding hydrogens is 484 g/mol. The molecule has 1 atom stereocenters. The van der Waals surface area contributed by atoms with Gasteiger partial charge >= 0.3 is 18.2 Å². The zero-order valence-corrected chi connectivity index (χ0v) is 22.3. The summed E-state index contributed by atoms with van der Waals surface area (Å²) in [5.74, 6) is 0. The first kappa shape index (κ1) is 25.9. The van der Waals surface area contributed by atoms with Gasteiger partial charge in [0, 0.05) is 49.9 Å². The minimum Gasteiger partial charge on any atom is -0.444 e. The third-order valence-electron chi connectivity index (χ3n) is 7.50.